The summed E-state index contributed by atoms with van der Waals surface area (Å²) < 4.78 is 16.7. The quantitative estimate of drug-likeness (QED) is 0.633. The molecule has 0 radical (unpaired) electrons. The fourth-order valence-corrected chi connectivity index (χ4v) is 2.68. The van der Waals surface area contributed by atoms with E-state index < -0.39 is 0 Å². The highest BCUT2D eigenvalue weighted by atomic mass is 79.9. The lowest BCUT2D eigenvalue weighted by Crippen LogP contribution is -2.00. The van der Waals surface area contributed by atoms with Gasteiger partial charge in [-0.25, -0.2) is 4.39 Å². The maximum absolute atomic E-state index is 13.9. The second-order valence-electron chi connectivity index (χ2n) is 4.69. The van der Waals surface area contributed by atoms with Gasteiger partial charge in [-0.1, -0.05) is 34.1 Å². The Labute approximate surface area is 119 Å². The maximum atomic E-state index is 13.9. The monoisotopic (exact) mass is 317 g/mol. The predicted octanol–water partition coefficient (Wildman–Crippen LogP) is 4.90. The van der Waals surface area contributed by atoms with E-state index in [1.165, 1.54) is 17.0 Å². The second-order valence-corrected chi connectivity index (χ2v) is 5.60. The lowest BCUT2D eigenvalue weighted by Gasteiger charge is -2.07. The first-order valence-electron chi connectivity index (χ1n) is 6.13. The molecule has 1 heterocycles. The van der Waals surface area contributed by atoms with Gasteiger partial charge in [-0.15, -0.1) is 0 Å². The Morgan fingerprint density at radius 2 is 2.00 bits per heavy atom. The Bertz CT molecular complexity index is 746. The highest BCUT2D eigenvalue weighted by Crippen LogP contribution is 2.22. The number of benzene rings is 2. The van der Waals surface area contributed by atoms with Gasteiger partial charge < -0.3 is 4.57 Å². The smallest absolute Gasteiger partial charge is 0.129 e. The number of rotatable bonds is 2. The SMILES string of the molecule is Cc1cccc2c1ccn2Cc1ccc(Br)cc1F. The molecule has 2 aromatic carbocycles. The van der Waals surface area contributed by atoms with E-state index in [4.69, 9.17) is 0 Å². The molecule has 0 aliphatic rings. The zero-order valence-electron chi connectivity index (χ0n) is 10.5. The van der Waals surface area contributed by atoms with Gasteiger partial charge in [-0.05, 0) is 36.8 Å². The number of halogens is 2. The molecule has 0 saturated heterocycles. The van der Waals surface area contributed by atoms with Crippen molar-refractivity contribution < 1.29 is 4.39 Å². The van der Waals surface area contributed by atoms with E-state index in [9.17, 15) is 4.39 Å². The number of nitrogens with zero attached hydrogens (tertiary/aromatic N) is 1. The van der Waals surface area contributed by atoms with E-state index in [2.05, 4.69) is 45.6 Å². The molecule has 0 fully saturated rings. The van der Waals surface area contributed by atoms with Crippen LogP contribution >= 0.6 is 15.9 Å². The van der Waals surface area contributed by atoms with Gasteiger partial charge in [0.1, 0.15) is 5.82 Å². The van der Waals surface area contributed by atoms with Crippen LogP contribution < -0.4 is 0 Å². The molecule has 0 aliphatic carbocycles. The van der Waals surface area contributed by atoms with Crippen LogP contribution in [0.4, 0.5) is 4.39 Å². The lowest BCUT2D eigenvalue weighted by atomic mass is 10.1. The van der Waals surface area contributed by atoms with Crippen LogP contribution in [0.15, 0.2) is 53.1 Å². The lowest BCUT2D eigenvalue weighted by molar-refractivity contribution is 0.601. The summed E-state index contributed by atoms with van der Waals surface area (Å²) >= 11 is 3.28. The molecule has 0 amide bonds. The van der Waals surface area contributed by atoms with Crippen molar-refractivity contribution in [3.8, 4) is 0 Å². The standard InChI is InChI=1S/C16H13BrFN/c1-11-3-2-4-16-14(11)7-8-19(16)10-12-5-6-13(17)9-15(12)18/h2-9H,10H2,1H3. The maximum Gasteiger partial charge on any atom is 0.129 e. The van der Waals surface area contributed by atoms with E-state index in [1.807, 2.05) is 24.4 Å². The third kappa shape index (κ3) is 2.30. The van der Waals surface area contributed by atoms with Crippen molar-refractivity contribution in [2.24, 2.45) is 0 Å². The number of fused-ring (bicyclic) bond motifs is 1. The first-order valence-corrected chi connectivity index (χ1v) is 6.93. The van der Waals surface area contributed by atoms with Gasteiger partial charge in [-0.2, -0.15) is 0 Å². The third-order valence-corrected chi connectivity index (χ3v) is 3.88. The summed E-state index contributed by atoms with van der Waals surface area (Å²) in [6.07, 6.45) is 2.01. The average molecular weight is 318 g/mol. The molecular formula is C16H13BrFN. The summed E-state index contributed by atoms with van der Waals surface area (Å²) in [6, 6.07) is 13.5. The predicted molar refractivity (Wildman–Crippen MR) is 79.9 cm³/mol. The Hall–Kier alpha value is -1.61. The Balaban J connectivity index is 2.04. The number of hydrogen-bond acceptors (Lipinski definition) is 0. The Morgan fingerprint density at radius 3 is 2.79 bits per heavy atom. The first-order chi connectivity index (χ1) is 9.15. The average Bonchev–Trinajstić information content (AvgIpc) is 2.78. The molecule has 1 aromatic heterocycles. The van der Waals surface area contributed by atoms with Crippen molar-refractivity contribution >= 4 is 26.8 Å². The summed E-state index contributed by atoms with van der Waals surface area (Å²) in [5.41, 5.74) is 3.08. The molecule has 3 rings (SSSR count). The van der Waals surface area contributed by atoms with Crippen LogP contribution in [0.3, 0.4) is 0 Å². The Kier molecular flexibility index (Phi) is 3.15. The van der Waals surface area contributed by atoms with Gasteiger partial charge in [-0.3, -0.25) is 0 Å². The van der Waals surface area contributed by atoms with Crippen molar-refractivity contribution in [2.45, 2.75) is 13.5 Å². The molecule has 0 unspecified atom stereocenters. The zero-order chi connectivity index (χ0) is 13.4. The number of hydrogen-bond donors (Lipinski definition) is 0. The highest BCUT2D eigenvalue weighted by Gasteiger charge is 2.07. The summed E-state index contributed by atoms with van der Waals surface area (Å²) in [5.74, 6) is -0.177. The van der Waals surface area contributed by atoms with Crippen LogP contribution in [0.1, 0.15) is 11.1 Å². The van der Waals surface area contributed by atoms with Gasteiger partial charge in [0.25, 0.3) is 0 Å². The van der Waals surface area contributed by atoms with Crippen LogP contribution in [0.5, 0.6) is 0 Å². The van der Waals surface area contributed by atoms with E-state index in [-0.39, 0.29) is 5.82 Å². The van der Waals surface area contributed by atoms with Crippen molar-refractivity contribution in [1.82, 2.24) is 4.57 Å². The molecule has 0 bridgehead atoms. The summed E-state index contributed by atoms with van der Waals surface area (Å²) in [7, 11) is 0. The molecule has 19 heavy (non-hydrogen) atoms. The van der Waals surface area contributed by atoms with Gasteiger partial charge in [0.05, 0.1) is 6.54 Å². The normalized spacial score (nSPS) is 11.1. The largest absolute Gasteiger partial charge is 0.343 e. The topological polar surface area (TPSA) is 4.93 Å². The van der Waals surface area contributed by atoms with Crippen molar-refractivity contribution in [2.75, 3.05) is 0 Å². The third-order valence-electron chi connectivity index (χ3n) is 3.39. The number of aromatic nitrogens is 1. The summed E-state index contributed by atoms with van der Waals surface area (Å²) in [4.78, 5) is 0. The minimum absolute atomic E-state index is 0.177. The molecule has 0 N–H and O–H groups in total. The van der Waals surface area contributed by atoms with Crippen LogP contribution in [0.2, 0.25) is 0 Å². The number of aryl methyl sites for hydroxylation is 1. The molecule has 0 aliphatic heterocycles. The minimum atomic E-state index is -0.177. The molecule has 0 saturated carbocycles. The second kappa shape index (κ2) is 4.82. The molecule has 3 aromatic rings. The summed E-state index contributed by atoms with van der Waals surface area (Å²) in [5, 5.41) is 1.22. The fourth-order valence-electron chi connectivity index (χ4n) is 2.35. The van der Waals surface area contributed by atoms with Gasteiger partial charge in [0.15, 0.2) is 0 Å². The molecule has 0 spiro atoms. The van der Waals surface area contributed by atoms with Gasteiger partial charge in [0.2, 0.25) is 0 Å². The van der Waals surface area contributed by atoms with Crippen molar-refractivity contribution in [1.29, 1.82) is 0 Å². The van der Waals surface area contributed by atoms with Crippen LogP contribution in [0.25, 0.3) is 10.9 Å². The summed E-state index contributed by atoms with van der Waals surface area (Å²) in [6.45, 7) is 2.64. The van der Waals surface area contributed by atoms with Gasteiger partial charge in [0, 0.05) is 27.1 Å². The molecule has 3 heteroatoms. The van der Waals surface area contributed by atoms with E-state index in [0.29, 0.717) is 12.1 Å². The van der Waals surface area contributed by atoms with Crippen LogP contribution in [-0.4, -0.2) is 4.57 Å². The molecule has 96 valence electrons. The minimum Gasteiger partial charge on any atom is -0.343 e. The zero-order valence-corrected chi connectivity index (χ0v) is 12.1. The van der Waals surface area contributed by atoms with Crippen molar-refractivity contribution in [3.05, 3.63) is 70.1 Å². The fraction of sp³-hybridized carbons (Fsp3) is 0.125. The molecule has 0 atom stereocenters. The van der Waals surface area contributed by atoms with E-state index in [0.717, 1.165) is 9.99 Å². The van der Waals surface area contributed by atoms with E-state index >= 15 is 0 Å². The van der Waals surface area contributed by atoms with Crippen LogP contribution in [-0.2, 0) is 6.54 Å². The highest BCUT2D eigenvalue weighted by molar-refractivity contribution is 9.10. The molecular weight excluding hydrogens is 305 g/mol. The van der Waals surface area contributed by atoms with Gasteiger partial charge >= 0.3 is 0 Å². The molecule has 1 nitrogen and oxygen atoms in total. The van der Waals surface area contributed by atoms with Crippen molar-refractivity contribution in [3.63, 3.8) is 0 Å². The first kappa shape index (κ1) is 12.4. The van der Waals surface area contributed by atoms with Crippen LogP contribution in [0, 0.1) is 12.7 Å². The Morgan fingerprint density at radius 1 is 1.16 bits per heavy atom. The van der Waals surface area contributed by atoms with E-state index in [1.54, 1.807) is 0 Å².